The molecule has 0 spiro atoms. The summed E-state index contributed by atoms with van der Waals surface area (Å²) in [6.45, 7) is -2.05. The van der Waals surface area contributed by atoms with Crippen molar-refractivity contribution in [1.29, 1.82) is 0 Å². The highest BCUT2D eigenvalue weighted by molar-refractivity contribution is 6.04. The first-order valence-corrected chi connectivity index (χ1v) is 8.35. The maximum atomic E-state index is 12.8. The molecule has 2 fully saturated rings. The van der Waals surface area contributed by atoms with E-state index in [1.807, 2.05) is 31.3 Å². The summed E-state index contributed by atoms with van der Waals surface area (Å²) in [4.78, 5) is 14.5. The first kappa shape index (κ1) is 11.6. The summed E-state index contributed by atoms with van der Waals surface area (Å²) < 4.78 is 25.2. The number of para-hydroxylation sites is 1. The topological polar surface area (TPSA) is 50.2 Å². The molecule has 0 aliphatic carbocycles. The van der Waals surface area contributed by atoms with Crippen molar-refractivity contribution in [3.8, 4) is 0 Å². The van der Waals surface area contributed by atoms with Crippen LogP contribution in [0.25, 0.3) is 10.9 Å². The molecule has 5 nitrogen and oxygen atoms in total. The average Bonchev–Trinajstić information content (AvgIpc) is 2.91. The number of rotatable bonds is 2. The second-order valence-corrected chi connectivity index (χ2v) is 6.78. The predicted octanol–water partition coefficient (Wildman–Crippen LogP) is 2.32. The van der Waals surface area contributed by atoms with Crippen LogP contribution < -0.4 is 5.32 Å². The largest absolute Gasteiger partial charge is 0.348 e. The second-order valence-electron chi connectivity index (χ2n) is 6.78. The van der Waals surface area contributed by atoms with E-state index in [2.05, 4.69) is 10.4 Å². The highest BCUT2D eigenvalue weighted by Crippen LogP contribution is 2.32. The van der Waals surface area contributed by atoms with Crippen molar-refractivity contribution in [3.05, 3.63) is 30.0 Å². The van der Waals surface area contributed by atoms with Gasteiger partial charge < -0.3 is 10.2 Å². The zero-order chi connectivity index (χ0) is 18.5. The molecule has 1 aromatic carbocycles. The summed E-state index contributed by atoms with van der Waals surface area (Å²) >= 11 is 0. The Bertz CT molecular complexity index is 817. The molecule has 0 saturated carbocycles. The van der Waals surface area contributed by atoms with Crippen LogP contribution in [-0.2, 0) is 7.05 Å². The number of piperidine rings is 2. The first-order chi connectivity index (χ1) is 12.3. The van der Waals surface area contributed by atoms with Crippen molar-refractivity contribution >= 4 is 16.8 Å². The number of benzene rings is 1. The van der Waals surface area contributed by atoms with Crippen LogP contribution in [0.5, 0.6) is 0 Å². The number of fused-ring (bicyclic) bond motifs is 3. The van der Waals surface area contributed by atoms with Gasteiger partial charge in [0.25, 0.3) is 5.91 Å². The summed E-state index contributed by atoms with van der Waals surface area (Å²) in [6, 6.07) is 7.71. The Morgan fingerprint density at radius 2 is 2.04 bits per heavy atom. The minimum atomic E-state index is -2.05. The van der Waals surface area contributed by atoms with Crippen molar-refractivity contribution in [2.45, 2.75) is 50.2 Å². The average molecular weight is 315 g/mol. The molecule has 2 aliphatic heterocycles. The number of amides is 1. The molecule has 4 rings (SSSR count). The van der Waals surface area contributed by atoms with E-state index < -0.39 is 6.98 Å². The quantitative estimate of drug-likeness (QED) is 0.925. The molecule has 1 unspecified atom stereocenters. The van der Waals surface area contributed by atoms with Gasteiger partial charge in [-0.15, -0.1) is 0 Å². The Hall–Kier alpha value is -1.88. The van der Waals surface area contributed by atoms with Gasteiger partial charge in [0.1, 0.15) is 0 Å². The van der Waals surface area contributed by atoms with Crippen LogP contribution in [0.2, 0.25) is 0 Å². The Labute approximate surface area is 140 Å². The highest BCUT2D eigenvalue weighted by Gasteiger charge is 2.36. The lowest BCUT2D eigenvalue weighted by Crippen LogP contribution is -2.55. The summed E-state index contributed by atoms with van der Waals surface area (Å²) in [6.07, 6.45) is 4.20. The first-order valence-electron chi connectivity index (χ1n) is 9.85. The minimum Gasteiger partial charge on any atom is -0.348 e. The van der Waals surface area contributed by atoms with Gasteiger partial charge >= 0.3 is 0 Å². The van der Waals surface area contributed by atoms with Gasteiger partial charge in [0.2, 0.25) is 0 Å². The third-order valence-corrected chi connectivity index (χ3v) is 5.28. The van der Waals surface area contributed by atoms with Gasteiger partial charge in [0.05, 0.1) is 5.52 Å². The van der Waals surface area contributed by atoms with Gasteiger partial charge in [-0.3, -0.25) is 9.48 Å². The summed E-state index contributed by atoms with van der Waals surface area (Å²) in [7, 11) is 1.83. The van der Waals surface area contributed by atoms with Crippen LogP contribution in [0.1, 0.15) is 46.7 Å². The zero-order valence-electron chi connectivity index (χ0n) is 16.3. The number of carbonyl (C=O) groups excluding carboxylic acids is 1. The minimum absolute atomic E-state index is 0.00262. The summed E-state index contributed by atoms with van der Waals surface area (Å²) in [5.74, 6) is -0.174. The standard InChI is InChI=1S/C18H24N4O/c1-21-13-6-5-7-14(21)11-12(10-13)19-18(23)17-15-8-3-4-9-16(15)22(2)20-17/h3-4,8-9,12-14H,5-7,10-11H2,1-2H3,(H,19,23)/t12?,13-,14+/i1D3. The molecule has 2 bridgehead atoms. The van der Waals surface area contributed by atoms with Crippen LogP contribution in [0, 0.1) is 0 Å². The molecule has 2 aliphatic rings. The maximum Gasteiger partial charge on any atom is 0.272 e. The third-order valence-electron chi connectivity index (χ3n) is 5.28. The fourth-order valence-corrected chi connectivity index (χ4v) is 4.13. The lowest BCUT2D eigenvalue weighted by molar-refractivity contribution is 0.0462. The maximum absolute atomic E-state index is 12.8. The van der Waals surface area contributed by atoms with Gasteiger partial charge in [-0.25, -0.2) is 0 Å². The van der Waals surface area contributed by atoms with Gasteiger partial charge in [0, 0.05) is 34.7 Å². The number of nitrogens with one attached hydrogen (secondary N) is 1. The molecular formula is C18H24N4O. The van der Waals surface area contributed by atoms with E-state index in [0.29, 0.717) is 18.5 Å². The van der Waals surface area contributed by atoms with E-state index >= 15 is 0 Å². The molecule has 2 aromatic rings. The molecule has 1 aromatic heterocycles. The van der Waals surface area contributed by atoms with Crippen molar-refractivity contribution in [3.63, 3.8) is 0 Å². The smallest absolute Gasteiger partial charge is 0.272 e. The van der Waals surface area contributed by atoms with E-state index in [4.69, 9.17) is 4.11 Å². The number of aromatic nitrogens is 2. The zero-order valence-corrected chi connectivity index (χ0v) is 13.3. The summed E-state index contributed by atoms with van der Waals surface area (Å²) in [5.41, 5.74) is 1.36. The fraction of sp³-hybridized carbons (Fsp3) is 0.556. The Kier molecular flexibility index (Phi) is 2.85. The molecule has 3 heterocycles. The molecule has 1 amide bonds. The normalized spacial score (nSPS) is 30.5. The predicted molar refractivity (Wildman–Crippen MR) is 90.4 cm³/mol. The molecule has 5 heteroatoms. The molecule has 1 N–H and O–H groups in total. The van der Waals surface area contributed by atoms with Crippen molar-refractivity contribution in [1.82, 2.24) is 20.0 Å². The van der Waals surface area contributed by atoms with E-state index in [9.17, 15) is 4.79 Å². The van der Waals surface area contributed by atoms with E-state index in [0.717, 1.165) is 30.2 Å². The highest BCUT2D eigenvalue weighted by atomic mass is 16.2. The molecule has 3 atom stereocenters. The Morgan fingerprint density at radius 3 is 2.78 bits per heavy atom. The molecule has 0 radical (unpaired) electrons. The van der Waals surface area contributed by atoms with Gasteiger partial charge in [0.15, 0.2) is 5.69 Å². The number of carbonyl (C=O) groups is 1. The van der Waals surface area contributed by atoms with E-state index in [1.165, 1.54) is 0 Å². The molecule has 23 heavy (non-hydrogen) atoms. The van der Waals surface area contributed by atoms with Gasteiger partial charge in [-0.1, -0.05) is 24.6 Å². The Balaban J connectivity index is 1.52. The summed E-state index contributed by atoms with van der Waals surface area (Å²) in [5, 5.41) is 8.34. The van der Waals surface area contributed by atoms with Crippen LogP contribution >= 0.6 is 0 Å². The molecule has 122 valence electrons. The third kappa shape index (κ3) is 2.53. The lowest BCUT2D eigenvalue weighted by Gasteiger charge is -2.47. The van der Waals surface area contributed by atoms with Crippen LogP contribution in [0.4, 0.5) is 0 Å². The lowest BCUT2D eigenvalue weighted by atomic mass is 9.82. The second kappa shape index (κ2) is 5.64. The van der Waals surface area contributed by atoms with Crippen LogP contribution in [0.15, 0.2) is 24.3 Å². The van der Waals surface area contributed by atoms with E-state index in [1.54, 1.807) is 9.58 Å². The SMILES string of the molecule is [2H]C([2H])([2H])N1[C@@H]2CCC[C@H]1CC(NC(=O)c1nn(C)c3ccccc13)C2. The number of nitrogens with zero attached hydrogens (tertiary/aromatic N) is 3. The fourth-order valence-electron chi connectivity index (χ4n) is 4.13. The van der Waals surface area contributed by atoms with Crippen molar-refractivity contribution < 1.29 is 8.91 Å². The van der Waals surface area contributed by atoms with Crippen molar-refractivity contribution in [2.75, 3.05) is 6.98 Å². The van der Waals surface area contributed by atoms with Crippen LogP contribution in [0.3, 0.4) is 0 Å². The number of aryl methyl sites for hydroxylation is 1. The monoisotopic (exact) mass is 315 g/mol. The molecular weight excluding hydrogens is 288 g/mol. The van der Waals surface area contributed by atoms with Crippen molar-refractivity contribution in [2.24, 2.45) is 7.05 Å². The molecule has 2 saturated heterocycles. The number of hydrogen-bond acceptors (Lipinski definition) is 3. The Morgan fingerprint density at radius 1 is 1.30 bits per heavy atom. The van der Waals surface area contributed by atoms with Gasteiger partial charge in [-0.2, -0.15) is 5.10 Å². The van der Waals surface area contributed by atoms with E-state index in [-0.39, 0.29) is 24.0 Å². The number of hydrogen-bond donors (Lipinski definition) is 1. The van der Waals surface area contributed by atoms with Gasteiger partial charge in [-0.05, 0) is 38.7 Å². The van der Waals surface area contributed by atoms with Crippen LogP contribution in [-0.4, -0.2) is 45.7 Å².